The minimum Gasteiger partial charge on any atom is -0.339 e. The number of rotatable bonds is 5. The molecule has 0 aromatic heterocycles. The summed E-state index contributed by atoms with van der Waals surface area (Å²) in [7, 11) is 0. The maximum absolute atomic E-state index is 13.0. The lowest BCUT2D eigenvalue weighted by atomic mass is 9.95. The second kappa shape index (κ2) is 10.7. The van der Waals surface area contributed by atoms with Gasteiger partial charge in [-0.25, -0.2) is 0 Å². The molecule has 0 radical (unpaired) electrons. The van der Waals surface area contributed by atoms with E-state index in [0.717, 1.165) is 57.4 Å². The van der Waals surface area contributed by atoms with Crippen LogP contribution in [-0.4, -0.2) is 47.8 Å². The van der Waals surface area contributed by atoms with Crippen LogP contribution in [0.1, 0.15) is 48.0 Å². The Bertz CT molecular complexity index is 947. The van der Waals surface area contributed by atoms with Crippen molar-refractivity contribution in [3.05, 3.63) is 63.6 Å². The molecule has 2 aromatic carbocycles. The molecule has 2 aliphatic rings. The van der Waals surface area contributed by atoms with Crippen LogP contribution in [0.2, 0.25) is 10.0 Å². The molecule has 5 nitrogen and oxygen atoms in total. The van der Waals surface area contributed by atoms with Gasteiger partial charge in [-0.2, -0.15) is 0 Å². The Morgan fingerprint density at radius 1 is 0.875 bits per heavy atom. The van der Waals surface area contributed by atoms with Crippen LogP contribution in [0.5, 0.6) is 0 Å². The molecule has 0 bridgehead atoms. The van der Waals surface area contributed by atoms with E-state index < -0.39 is 0 Å². The molecule has 0 saturated carbocycles. The molecular weight excluding hydrogens is 445 g/mol. The number of nitrogens with zero attached hydrogens (tertiary/aromatic N) is 2. The molecule has 0 spiro atoms. The summed E-state index contributed by atoms with van der Waals surface area (Å²) in [4.78, 5) is 30.2. The molecule has 4 rings (SSSR count). The van der Waals surface area contributed by atoms with Crippen LogP contribution >= 0.6 is 23.2 Å². The van der Waals surface area contributed by atoms with Crippen molar-refractivity contribution in [3.63, 3.8) is 0 Å². The second-order valence-electron chi connectivity index (χ2n) is 8.64. The van der Waals surface area contributed by atoms with Gasteiger partial charge in [-0.3, -0.25) is 14.5 Å². The first-order valence-electron chi connectivity index (χ1n) is 11.4. The van der Waals surface area contributed by atoms with Crippen LogP contribution < -0.4 is 5.32 Å². The number of carbonyl (C=O) groups is 2. The number of amides is 2. The maximum atomic E-state index is 13.0. The molecule has 1 N–H and O–H groups in total. The van der Waals surface area contributed by atoms with Gasteiger partial charge in [0.2, 0.25) is 5.91 Å². The Balaban J connectivity index is 1.35. The van der Waals surface area contributed by atoms with E-state index in [-0.39, 0.29) is 17.7 Å². The Labute approximate surface area is 199 Å². The predicted octanol–water partition coefficient (Wildman–Crippen LogP) is 5.47. The zero-order valence-electron chi connectivity index (χ0n) is 18.2. The van der Waals surface area contributed by atoms with Crippen molar-refractivity contribution in [2.75, 3.05) is 31.5 Å². The van der Waals surface area contributed by atoms with E-state index in [1.54, 1.807) is 0 Å². The SMILES string of the molecule is O=C(Nc1ccccc1C(=O)N1CCCCC1)C1CCN(Cc2c(Cl)cccc2Cl)CC1. The molecule has 2 aliphatic heterocycles. The van der Waals surface area contributed by atoms with Crippen molar-refractivity contribution >= 4 is 40.7 Å². The second-order valence-corrected chi connectivity index (χ2v) is 9.45. The van der Waals surface area contributed by atoms with E-state index in [2.05, 4.69) is 10.2 Å². The van der Waals surface area contributed by atoms with Crippen LogP contribution in [0, 0.1) is 5.92 Å². The van der Waals surface area contributed by atoms with Gasteiger partial charge < -0.3 is 10.2 Å². The molecule has 0 aliphatic carbocycles. The number of halogens is 2. The first-order chi connectivity index (χ1) is 15.5. The van der Waals surface area contributed by atoms with Crippen LogP contribution in [-0.2, 0) is 11.3 Å². The molecule has 170 valence electrons. The standard InChI is InChI=1S/C25H29Cl2N3O2/c26-21-8-6-9-22(27)20(21)17-29-15-11-18(12-16-29)24(31)28-23-10-3-2-7-19(23)25(32)30-13-4-1-5-14-30/h2-3,6-10,18H,1,4-5,11-17H2,(H,28,31). The zero-order chi connectivity index (χ0) is 22.5. The molecule has 2 heterocycles. The fourth-order valence-corrected chi connectivity index (χ4v) is 5.06. The van der Waals surface area contributed by atoms with E-state index in [9.17, 15) is 9.59 Å². The highest BCUT2D eigenvalue weighted by molar-refractivity contribution is 6.35. The zero-order valence-corrected chi connectivity index (χ0v) is 19.7. The summed E-state index contributed by atoms with van der Waals surface area (Å²) in [5.41, 5.74) is 2.12. The van der Waals surface area contributed by atoms with Gasteiger partial charge in [0.05, 0.1) is 11.3 Å². The average molecular weight is 474 g/mol. The van der Waals surface area contributed by atoms with Gasteiger partial charge >= 0.3 is 0 Å². The number of anilines is 1. The molecule has 2 aromatic rings. The number of para-hydroxylation sites is 1. The fraction of sp³-hybridized carbons (Fsp3) is 0.440. The van der Waals surface area contributed by atoms with E-state index in [1.165, 1.54) is 6.42 Å². The Morgan fingerprint density at radius 3 is 2.22 bits per heavy atom. The predicted molar refractivity (Wildman–Crippen MR) is 129 cm³/mol. The molecule has 0 unspecified atom stereocenters. The average Bonchev–Trinajstić information content (AvgIpc) is 2.82. The van der Waals surface area contributed by atoms with Gasteiger partial charge in [0.15, 0.2) is 0 Å². The van der Waals surface area contributed by atoms with Crippen molar-refractivity contribution < 1.29 is 9.59 Å². The molecule has 2 amide bonds. The van der Waals surface area contributed by atoms with E-state index >= 15 is 0 Å². The van der Waals surface area contributed by atoms with Crippen molar-refractivity contribution in [1.29, 1.82) is 0 Å². The third-order valence-corrected chi connectivity index (χ3v) is 7.17. The normalized spacial score (nSPS) is 17.9. The third-order valence-electron chi connectivity index (χ3n) is 6.46. The van der Waals surface area contributed by atoms with Crippen molar-refractivity contribution in [2.45, 2.75) is 38.6 Å². The number of hydrogen-bond acceptors (Lipinski definition) is 3. The van der Waals surface area contributed by atoms with Crippen LogP contribution in [0.4, 0.5) is 5.69 Å². The topological polar surface area (TPSA) is 52.7 Å². The lowest BCUT2D eigenvalue weighted by Crippen LogP contribution is -2.38. The number of piperidine rings is 2. The van der Waals surface area contributed by atoms with Crippen molar-refractivity contribution in [3.8, 4) is 0 Å². The third kappa shape index (κ3) is 5.45. The van der Waals surface area contributed by atoms with Gasteiger partial charge in [0.25, 0.3) is 5.91 Å². The van der Waals surface area contributed by atoms with Gasteiger partial charge in [-0.15, -0.1) is 0 Å². The summed E-state index contributed by atoms with van der Waals surface area (Å²) in [6.45, 7) is 3.85. The number of likely N-dealkylation sites (tertiary alicyclic amines) is 2. The molecule has 7 heteroatoms. The lowest BCUT2D eigenvalue weighted by Gasteiger charge is -2.32. The molecule has 2 fully saturated rings. The van der Waals surface area contributed by atoms with Gasteiger partial charge in [0, 0.05) is 41.2 Å². The van der Waals surface area contributed by atoms with Crippen molar-refractivity contribution in [2.24, 2.45) is 5.92 Å². The molecular formula is C25H29Cl2N3O2. The largest absolute Gasteiger partial charge is 0.339 e. The summed E-state index contributed by atoms with van der Waals surface area (Å²) in [5.74, 6) is -0.0857. The number of carbonyl (C=O) groups excluding carboxylic acids is 2. The number of benzene rings is 2. The number of hydrogen-bond donors (Lipinski definition) is 1. The van der Waals surface area contributed by atoms with Crippen molar-refractivity contribution in [1.82, 2.24) is 9.80 Å². The van der Waals surface area contributed by atoms with Crippen LogP contribution in [0.3, 0.4) is 0 Å². The van der Waals surface area contributed by atoms with Gasteiger partial charge in [0.1, 0.15) is 0 Å². The fourth-order valence-electron chi connectivity index (χ4n) is 4.54. The minimum absolute atomic E-state index is 0.00652. The van der Waals surface area contributed by atoms with Crippen LogP contribution in [0.25, 0.3) is 0 Å². The number of nitrogens with one attached hydrogen (secondary N) is 1. The summed E-state index contributed by atoms with van der Waals surface area (Å²) >= 11 is 12.6. The summed E-state index contributed by atoms with van der Waals surface area (Å²) in [6, 6.07) is 12.9. The first kappa shape index (κ1) is 23.1. The Hall–Kier alpha value is -2.08. The Morgan fingerprint density at radius 2 is 1.53 bits per heavy atom. The van der Waals surface area contributed by atoms with Crippen LogP contribution in [0.15, 0.2) is 42.5 Å². The van der Waals surface area contributed by atoms with Gasteiger partial charge in [-0.05, 0) is 69.5 Å². The first-order valence-corrected chi connectivity index (χ1v) is 12.1. The summed E-state index contributed by atoms with van der Waals surface area (Å²) in [5, 5.41) is 4.38. The van der Waals surface area contributed by atoms with E-state index in [4.69, 9.17) is 23.2 Å². The maximum Gasteiger partial charge on any atom is 0.255 e. The van der Waals surface area contributed by atoms with E-state index in [1.807, 2.05) is 47.4 Å². The summed E-state index contributed by atoms with van der Waals surface area (Å²) in [6.07, 6.45) is 4.77. The van der Waals surface area contributed by atoms with Gasteiger partial charge in [-0.1, -0.05) is 41.4 Å². The monoisotopic (exact) mass is 473 g/mol. The highest BCUT2D eigenvalue weighted by Crippen LogP contribution is 2.28. The highest BCUT2D eigenvalue weighted by Gasteiger charge is 2.27. The Kier molecular flexibility index (Phi) is 7.71. The molecule has 2 saturated heterocycles. The minimum atomic E-state index is -0.0777. The highest BCUT2D eigenvalue weighted by atomic mass is 35.5. The summed E-state index contributed by atoms with van der Waals surface area (Å²) < 4.78 is 0. The smallest absolute Gasteiger partial charge is 0.255 e. The molecule has 32 heavy (non-hydrogen) atoms. The lowest BCUT2D eigenvalue weighted by molar-refractivity contribution is -0.121. The quantitative estimate of drug-likeness (QED) is 0.625. The van der Waals surface area contributed by atoms with E-state index in [0.29, 0.717) is 27.8 Å². The molecule has 0 atom stereocenters.